The number of hydrogen-bond acceptors (Lipinski definition) is 4. The number of rotatable bonds is 5. The summed E-state index contributed by atoms with van der Waals surface area (Å²) < 4.78 is 34.2. The van der Waals surface area contributed by atoms with Gasteiger partial charge in [0.05, 0.1) is 18.8 Å². The average Bonchev–Trinajstić information content (AvgIpc) is 2.49. The molecule has 5 nitrogen and oxygen atoms in total. The fraction of sp³-hybridized carbons (Fsp3) is 0.500. The van der Waals surface area contributed by atoms with Crippen LogP contribution in [0.4, 0.5) is 14.5 Å². The molecule has 2 N–H and O–H groups in total. The van der Waals surface area contributed by atoms with E-state index in [-0.39, 0.29) is 23.4 Å². The number of nitrogens with one attached hydrogen (secondary N) is 2. The van der Waals surface area contributed by atoms with E-state index in [0.29, 0.717) is 5.75 Å². The van der Waals surface area contributed by atoms with Crippen molar-refractivity contribution < 1.29 is 23.0 Å². The first-order valence-electron chi connectivity index (χ1n) is 6.77. The molecule has 0 saturated carbocycles. The van der Waals surface area contributed by atoms with Crippen molar-refractivity contribution in [2.45, 2.75) is 31.9 Å². The van der Waals surface area contributed by atoms with Gasteiger partial charge in [0.2, 0.25) is 5.91 Å². The minimum atomic E-state index is -2.96. The van der Waals surface area contributed by atoms with E-state index in [2.05, 4.69) is 15.4 Å². The van der Waals surface area contributed by atoms with Gasteiger partial charge in [-0.05, 0) is 31.5 Å². The predicted molar refractivity (Wildman–Crippen MR) is 73.9 cm³/mol. The monoisotopic (exact) mass is 300 g/mol. The molecule has 1 aliphatic rings. The summed E-state index contributed by atoms with van der Waals surface area (Å²) in [5.74, 6) is 0.0977. The summed E-state index contributed by atoms with van der Waals surface area (Å²) >= 11 is 0. The van der Waals surface area contributed by atoms with E-state index in [1.165, 1.54) is 25.3 Å². The van der Waals surface area contributed by atoms with Gasteiger partial charge in [0.1, 0.15) is 11.5 Å². The van der Waals surface area contributed by atoms with E-state index >= 15 is 0 Å². The number of piperidine rings is 1. The van der Waals surface area contributed by atoms with Gasteiger partial charge in [-0.15, -0.1) is 0 Å². The van der Waals surface area contributed by atoms with Crippen molar-refractivity contribution >= 4 is 11.6 Å². The molecule has 0 aromatic heterocycles. The molecule has 1 amide bonds. The lowest BCUT2D eigenvalue weighted by Crippen LogP contribution is -2.43. The van der Waals surface area contributed by atoms with Gasteiger partial charge in [-0.1, -0.05) is 6.42 Å². The number of halogens is 2. The molecule has 2 rings (SSSR count). The molecule has 1 aromatic carbocycles. The van der Waals surface area contributed by atoms with Crippen molar-refractivity contribution in [1.29, 1.82) is 0 Å². The molecule has 0 spiro atoms. The van der Waals surface area contributed by atoms with E-state index in [1.54, 1.807) is 0 Å². The molecule has 1 saturated heterocycles. The Morgan fingerprint density at radius 2 is 2.24 bits per heavy atom. The van der Waals surface area contributed by atoms with Crippen molar-refractivity contribution in [2.75, 3.05) is 19.0 Å². The molecular weight excluding hydrogens is 282 g/mol. The summed E-state index contributed by atoms with van der Waals surface area (Å²) in [5.41, 5.74) is 0.173. The Balaban J connectivity index is 2.13. The van der Waals surface area contributed by atoms with Gasteiger partial charge < -0.3 is 20.1 Å². The lowest BCUT2D eigenvalue weighted by atomic mass is 10.0. The zero-order chi connectivity index (χ0) is 15.2. The largest absolute Gasteiger partial charge is 0.497 e. The van der Waals surface area contributed by atoms with Gasteiger partial charge in [-0.2, -0.15) is 8.78 Å². The third-order valence-electron chi connectivity index (χ3n) is 3.29. The Morgan fingerprint density at radius 1 is 1.43 bits per heavy atom. The molecule has 7 heteroatoms. The second-order valence-electron chi connectivity index (χ2n) is 4.73. The molecule has 116 valence electrons. The van der Waals surface area contributed by atoms with Crippen LogP contribution in [0.5, 0.6) is 11.5 Å². The summed E-state index contributed by atoms with van der Waals surface area (Å²) in [6.45, 7) is -2.18. The van der Waals surface area contributed by atoms with Crippen LogP contribution in [-0.2, 0) is 4.79 Å². The van der Waals surface area contributed by atoms with Crippen molar-refractivity contribution in [3.05, 3.63) is 18.2 Å². The Bertz CT molecular complexity index is 491. The lowest BCUT2D eigenvalue weighted by molar-refractivity contribution is -0.118. The molecule has 1 aliphatic heterocycles. The number of amides is 1. The normalized spacial score (nSPS) is 18.4. The minimum Gasteiger partial charge on any atom is -0.497 e. The van der Waals surface area contributed by atoms with Crippen LogP contribution in [-0.4, -0.2) is 32.2 Å². The highest BCUT2D eigenvalue weighted by Gasteiger charge is 2.22. The number of benzene rings is 1. The van der Waals surface area contributed by atoms with E-state index < -0.39 is 6.61 Å². The average molecular weight is 300 g/mol. The number of ether oxygens (including phenoxy) is 2. The molecule has 1 heterocycles. The standard InChI is InChI=1S/C14H18F2N2O3/c1-20-9-5-6-12(21-14(15)16)11(8-9)18-13(19)10-4-2-3-7-17-10/h5-6,8,10,14,17H,2-4,7H2,1H3,(H,18,19)/t10-/m1/s1. The number of alkyl halides is 2. The molecule has 1 atom stereocenters. The van der Waals surface area contributed by atoms with Crippen LogP contribution in [0.1, 0.15) is 19.3 Å². The highest BCUT2D eigenvalue weighted by molar-refractivity contribution is 5.96. The van der Waals surface area contributed by atoms with Crippen LogP contribution in [0.25, 0.3) is 0 Å². The van der Waals surface area contributed by atoms with E-state index in [1.807, 2.05) is 0 Å². The summed E-state index contributed by atoms with van der Waals surface area (Å²) in [5, 5.41) is 5.72. The summed E-state index contributed by atoms with van der Waals surface area (Å²) in [4.78, 5) is 12.1. The predicted octanol–water partition coefficient (Wildman–Crippen LogP) is 2.38. The van der Waals surface area contributed by atoms with Crippen molar-refractivity contribution in [3.63, 3.8) is 0 Å². The molecule has 21 heavy (non-hydrogen) atoms. The molecule has 0 bridgehead atoms. The van der Waals surface area contributed by atoms with E-state index in [0.717, 1.165) is 25.8 Å². The van der Waals surface area contributed by atoms with Crippen molar-refractivity contribution in [2.24, 2.45) is 0 Å². The molecule has 1 fully saturated rings. The second kappa shape index (κ2) is 7.21. The Kier molecular flexibility index (Phi) is 5.32. The maximum atomic E-state index is 12.4. The topological polar surface area (TPSA) is 59.6 Å². The van der Waals surface area contributed by atoms with E-state index in [9.17, 15) is 13.6 Å². The van der Waals surface area contributed by atoms with Crippen LogP contribution in [0.3, 0.4) is 0 Å². The van der Waals surface area contributed by atoms with Gasteiger partial charge in [-0.25, -0.2) is 0 Å². The third kappa shape index (κ3) is 4.29. The number of methoxy groups -OCH3 is 1. The van der Waals surface area contributed by atoms with Gasteiger partial charge in [0.15, 0.2) is 0 Å². The summed E-state index contributed by atoms with van der Waals surface area (Å²) in [7, 11) is 1.46. The fourth-order valence-electron chi connectivity index (χ4n) is 2.23. The quantitative estimate of drug-likeness (QED) is 0.876. The highest BCUT2D eigenvalue weighted by Crippen LogP contribution is 2.30. The molecule has 0 unspecified atom stereocenters. The second-order valence-corrected chi connectivity index (χ2v) is 4.73. The first-order chi connectivity index (χ1) is 10.1. The Labute approximate surface area is 121 Å². The first kappa shape index (κ1) is 15.5. The SMILES string of the molecule is COc1ccc(OC(F)F)c(NC(=O)[C@H]2CCCCN2)c1. The molecule has 1 aromatic rings. The number of carbonyl (C=O) groups is 1. The van der Waals surface area contributed by atoms with Gasteiger partial charge in [0.25, 0.3) is 0 Å². The summed E-state index contributed by atoms with van der Waals surface area (Å²) in [6, 6.07) is 3.98. The third-order valence-corrected chi connectivity index (χ3v) is 3.29. The zero-order valence-corrected chi connectivity index (χ0v) is 11.7. The van der Waals surface area contributed by atoms with Gasteiger partial charge in [0, 0.05) is 6.07 Å². The zero-order valence-electron chi connectivity index (χ0n) is 11.7. The fourth-order valence-corrected chi connectivity index (χ4v) is 2.23. The van der Waals surface area contributed by atoms with E-state index in [4.69, 9.17) is 4.74 Å². The van der Waals surface area contributed by atoms with Crippen LogP contribution in [0, 0.1) is 0 Å². The maximum absolute atomic E-state index is 12.4. The Morgan fingerprint density at radius 3 is 2.86 bits per heavy atom. The van der Waals surface area contributed by atoms with Crippen molar-refractivity contribution in [3.8, 4) is 11.5 Å². The van der Waals surface area contributed by atoms with Crippen molar-refractivity contribution in [1.82, 2.24) is 5.32 Å². The van der Waals surface area contributed by atoms with Gasteiger partial charge in [-0.3, -0.25) is 4.79 Å². The molecule has 0 radical (unpaired) electrons. The van der Waals surface area contributed by atoms with Crippen LogP contribution in [0.2, 0.25) is 0 Å². The number of hydrogen-bond donors (Lipinski definition) is 2. The number of carbonyl (C=O) groups excluding carboxylic acids is 1. The Hall–Kier alpha value is -1.89. The first-order valence-corrected chi connectivity index (χ1v) is 6.77. The molecular formula is C14H18F2N2O3. The van der Waals surface area contributed by atoms with Crippen LogP contribution >= 0.6 is 0 Å². The van der Waals surface area contributed by atoms with Crippen LogP contribution < -0.4 is 20.1 Å². The van der Waals surface area contributed by atoms with Crippen LogP contribution in [0.15, 0.2) is 18.2 Å². The summed E-state index contributed by atoms with van der Waals surface area (Å²) in [6.07, 6.45) is 2.72. The lowest BCUT2D eigenvalue weighted by Gasteiger charge is -2.23. The minimum absolute atomic E-state index is 0.0880. The van der Waals surface area contributed by atoms with Gasteiger partial charge >= 0.3 is 6.61 Å². The number of anilines is 1. The highest BCUT2D eigenvalue weighted by atomic mass is 19.3. The smallest absolute Gasteiger partial charge is 0.387 e. The maximum Gasteiger partial charge on any atom is 0.387 e. The molecule has 0 aliphatic carbocycles.